The van der Waals surface area contributed by atoms with Gasteiger partial charge in [-0.2, -0.15) is 0 Å². The van der Waals surface area contributed by atoms with E-state index in [2.05, 4.69) is 15.9 Å². The number of alkyl halides is 1. The van der Waals surface area contributed by atoms with Crippen molar-refractivity contribution in [1.29, 1.82) is 0 Å². The molecule has 0 aromatic carbocycles. The highest BCUT2D eigenvalue weighted by molar-refractivity contribution is 9.10. The maximum Gasteiger partial charge on any atom is 0.236 e. The van der Waals surface area contributed by atoms with Gasteiger partial charge in [0.25, 0.3) is 0 Å². The Labute approximate surface area is 123 Å². The molecule has 0 radical (unpaired) electrons. The summed E-state index contributed by atoms with van der Waals surface area (Å²) in [4.78, 5) is 13.8. The Balaban J connectivity index is 2.80. The van der Waals surface area contributed by atoms with Crippen LogP contribution in [0.1, 0.15) is 20.3 Å². The molecule has 112 valence electrons. The zero-order chi connectivity index (χ0) is 14.6. The number of hydrogen-bond donors (Lipinski definition) is 0. The van der Waals surface area contributed by atoms with E-state index in [1.165, 1.54) is 0 Å². The number of hydrogen-bond acceptors (Lipinski definition) is 4. The molecule has 2 unspecified atom stereocenters. The first kappa shape index (κ1) is 16.9. The lowest BCUT2D eigenvalue weighted by atomic mass is 10.1. The molecular formula is C12H22BrNO4S. The van der Waals surface area contributed by atoms with Gasteiger partial charge in [-0.25, -0.2) is 8.42 Å². The van der Waals surface area contributed by atoms with Gasteiger partial charge in [0.1, 0.15) is 0 Å². The van der Waals surface area contributed by atoms with Crippen molar-refractivity contribution >= 4 is 31.7 Å². The normalized spacial score (nSPS) is 23.5. The van der Waals surface area contributed by atoms with E-state index >= 15 is 0 Å². The molecule has 1 fully saturated rings. The smallest absolute Gasteiger partial charge is 0.236 e. The van der Waals surface area contributed by atoms with Crippen molar-refractivity contribution in [1.82, 2.24) is 4.90 Å². The molecule has 1 aliphatic heterocycles. The molecule has 0 saturated carbocycles. The van der Waals surface area contributed by atoms with Crippen LogP contribution in [0.2, 0.25) is 0 Å². The first-order valence-corrected chi connectivity index (χ1v) is 9.16. The molecule has 1 amide bonds. The monoisotopic (exact) mass is 355 g/mol. The van der Waals surface area contributed by atoms with Gasteiger partial charge in [-0.1, -0.05) is 29.8 Å². The van der Waals surface area contributed by atoms with E-state index in [-0.39, 0.29) is 34.2 Å². The van der Waals surface area contributed by atoms with Crippen LogP contribution in [0.4, 0.5) is 0 Å². The van der Waals surface area contributed by atoms with Crippen molar-refractivity contribution in [2.24, 2.45) is 5.92 Å². The van der Waals surface area contributed by atoms with E-state index in [1.54, 1.807) is 12.0 Å². The van der Waals surface area contributed by atoms with Crippen LogP contribution in [-0.2, 0) is 19.4 Å². The van der Waals surface area contributed by atoms with Gasteiger partial charge in [-0.3, -0.25) is 4.79 Å². The van der Waals surface area contributed by atoms with E-state index in [0.717, 1.165) is 0 Å². The Bertz CT molecular complexity index is 410. The molecule has 1 rings (SSSR count). The quantitative estimate of drug-likeness (QED) is 0.668. The predicted octanol–water partition coefficient (Wildman–Crippen LogP) is 1.07. The average Bonchev–Trinajstić information content (AvgIpc) is 2.68. The van der Waals surface area contributed by atoms with Crippen molar-refractivity contribution in [3.63, 3.8) is 0 Å². The molecule has 19 heavy (non-hydrogen) atoms. The minimum absolute atomic E-state index is 0.0471. The number of halogens is 1. The second-order valence-electron chi connectivity index (χ2n) is 5.23. The maximum atomic E-state index is 12.4. The Morgan fingerprint density at radius 1 is 1.47 bits per heavy atom. The van der Waals surface area contributed by atoms with Gasteiger partial charge in [0.2, 0.25) is 5.91 Å². The molecule has 1 saturated heterocycles. The third-order valence-corrected chi connectivity index (χ3v) is 6.49. The van der Waals surface area contributed by atoms with Crippen LogP contribution in [0.3, 0.4) is 0 Å². The van der Waals surface area contributed by atoms with Crippen LogP contribution >= 0.6 is 15.9 Å². The third-order valence-electron chi connectivity index (χ3n) is 3.29. The lowest BCUT2D eigenvalue weighted by Crippen LogP contribution is -2.47. The molecule has 5 nitrogen and oxygen atoms in total. The van der Waals surface area contributed by atoms with Crippen molar-refractivity contribution < 1.29 is 17.9 Å². The molecule has 7 heteroatoms. The number of methoxy groups -OCH3 is 1. The number of carbonyl (C=O) groups excluding carboxylic acids is 1. The summed E-state index contributed by atoms with van der Waals surface area (Å²) in [6, 6.07) is -0.216. The van der Waals surface area contributed by atoms with Crippen LogP contribution in [0, 0.1) is 5.92 Å². The standard InChI is InChI=1S/C12H22BrNO4S/c1-9(2)11(13)12(15)14(5-6-18-3)10-4-7-19(16,17)8-10/h9-11H,4-8H2,1-3H3. The number of ether oxygens (including phenoxy) is 1. The fraction of sp³-hybridized carbons (Fsp3) is 0.917. The van der Waals surface area contributed by atoms with Gasteiger partial charge < -0.3 is 9.64 Å². The minimum Gasteiger partial charge on any atom is -0.383 e. The Morgan fingerprint density at radius 2 is 2.11 bits per heavy atom. The number of carbonyl (C=O) groups is 1. The summed E-state index contributed by atoms with van der Waals surface area (Å²) in [5, 5.41) is 0. The minimum atomic E-state index is -2.99. The molecule has 1 aliphatic rings. The second kappa shape index (κ2) is 7.04. The Kier molecular flexibility index (Phi) is 6.26. The van der Waals surface area contributed by atoms with Crippen molar-refractivity contribution in [2.45, 2.75) is 31.1 Å². The molecule has 0 aliphatic carbocycles. The van der Waals surface area contributed by atoms with Crippen LogP contribution < -0.4 is 0 Å². The number of nitrogens with zero attached hydrogens (tertiary/aromatic N) is 1. The largest absolute Gasteiger partial charge is 0.383 e. The van der Waals surface area contributed by atoms with E-state index in [9.17, 15) is 13.2 Å². The topological polar surface area (TPSA) is 63.7 Å². The van der Waals surface area contributed by atoms with Gasteiger partial charge in [0, 0.05) is 19.7 Å². The average molecular weight is 356 g/mol. The number of amides is 1. The third kappa shape index (κ3) is 4.72. The zero-order valence-corrected chi connectivity index (χ0v) is 14.0. The number of sulfone groups is 1. The Hall–Kier alpha value is -0.140. The molecule has 0 bridgehead atoms. The summed E-state index contributed by atoms with van der Waals surface area (Å²) in [7, 11) is -1.42. The Morgan fingerprint density at radius 3 is 2.53 bits per heavy atom. The summed E-state index contributed by atoms with van der Waals surface area (Å²) < 4.78 is 28.1. The van der Waals surface area contributed by atoms with Gasteiger partial charge in [0.15, 0.2) is 9.84 Å². The van der Waals surface area contributed by atoms with Crippen molar-refractivity contribution in [3.8, 4) is 0 Å². The highest BCUT2D eigenvalue weighted by atomic mass is 79.9. The zero-order valence-electron chi connectivity index (χ0n) is 11.6. The first-order chi connectivity index (χ1) is 8.78. The summed E-state index contributed by atoms with van der Waals surface area (Å²) in [6.45, 7) is 4.76. The lowest BCUT2D eigenvalue weighted by molar-refractivity contribution is -0.133. The van der Waals surface area contributed by atoms with E-state index in [1.807, 2.05) is 13.8 Å². The van der Waals surface area contributed by atoms with Crippen LogP contribution in [0.25, 0.3) is 0 Å². The number of rotatable bonds is 6. The SMILES string of the molecule is COCCN(C(=O)C(Br)C(C)C)C1CCS(=O)(=O)C1. The summed E-state index contributed by atoms with van der Waals surface area (Å²) in [5.41, 5.74) is 0. The summed E-state index contributed by atoms with van der Waals surface area (Å²) >= 11 is 3.39. The van der Waals surface area contributed by atoms with Gasteiger partial charge in [0.05, 0.1) is 22.9 Å². The summed E-state index contributed by atoms with van der Waals surface area (Å²) in [5.74, 6) is 0.355. The first-order valence-electron chi connectivity index (χ1n) is 6.42. The van der Waals surface area contributed by atoms with Gasteiger partial charge in [-0.15, -0.1) is 0 Å². The molecule has 0 aromatic rings. The van der Waals surface area contributed by atoms with Crippen molar-refractivity contribution in [2.75, 3.05) is 31.8 Å². The van der Waals surface area contributed by atoms with E-state index in [4.69, 9.17) is 4.74 Å². The fourth-order valence-corrected chi connectivity index (χ4v) is 4.12. The van der Waals surface area contributed by atoms with Gasteiger partial charge >= 0.3 is 0 Å². The fourth-order valence-electron chi connectivity index (χ4n) is 2.13. The van der Waals surface area contributed by atoms with Crippen molar-refractivity contribution in [3.05, 3.63) is 0 Å². The molecule has 2 atom stereocenters. The van der Waals surface area contributed by atoms with Crippen LogP contribution in [0.15, 0.2) is 0 Å². The molecule has 1 heterocycles. The van der Waals surface area contributed by atoms with Gasteiger partial charge in [-0.05, 0) is 12.3 Å². The molecule has 0 aromatic heterocycles. The van der Waals surface area contributed by atoms with Crippen LogP contribution in [0.5, 0.6) is 0 Å². The predicted molar refractivity (Wildman–Crippen MR) is 78.2 cm³/mol. The maximum absolute atomic E-state index is 12.4. The highest BCUT2D eigenvalue weighted by Crippen LogP contribution is 2.22. The molecule has 0 N–H and O–H groups in total. The van der Waals surface area contributed by atoms with Crippen LogP contribution in [-0.4, -0.2) is 61.9 Å². The molecule has 0 spiro atoms. The van der Waals surface area contributed by atoms with E-state index in [0.29, 0.717) is 19.6 Å². The molecular weight excluding hydrogens is 334 g/mol. The lowest BCUT2D eigenvalue weighted by Gasteiger charge is -2.31. The summed E-state index contributed by atoms with van der Waals surface area (Å²) in [6.07, 6.45) is 0.523. The second-order valence-corrected chi connectivity index (χ2v) is 8.44. The highest BCUT2D eigenvalue weighted by Gasteiger charge is 2.36. The van der Waals surface area contributed by atoms with E-state index < -0.39 is 9.84 Å².